The molecule has 0 saturated carbocycles. The predicted molar refractivity (Wildman–Crippen MR) is 81.9 cm³/mol. The Bertz CT molecular complexity index is 593. The zero-order chi connectivity index (χ0) is 13.9. The molecular weight excluding hydrogens is 252 g/mol. The van der Waals surface area contributed by atoms with Crippen LogP contribution in [0.15, 0.2) is 30.5 Å². The molecule has 1 aliphatic heterocycles. The summed E-state index contributed by atoms with van der Waals surface area (Å²) >= 11 is 0. The molecule has 0 atom stereocenters. The van der Waals surface area contributed by atoms with E-state index >= 15 is 0 Å². The van der Waals surface area contributed by atoms with E-state index in [-0.39, 0.29) is 6.61 Å². The fourth-order valence-electron chi connectivity index (χ4n) is 2.79. The summed E-state index contributed by atoms with van der Waals surface area (Å²) in [5, 5.41) is 10.00. The summed E-state index contributed by atoms with van der Waals surface area (Å²) in [5.41, 5.74) is 9.15. The van der Waals surface area contributed by atoms with Crippen LogP contribution >= 0.6 is 0 Å². The van der Waals surface area contributed by atoms with Crippen molar-refractivity contribution in [3.63, 3.8) is 0 Å². The van der Waals surface area contributed by atoms with Crippen molar-refractivity contribution in [2.45, 2.75) is 0 Å². The molecule has 1 aliphatic rings. The molecule has 0 unspecified atom stereocenters. The van der Waals surface area contributed by atoms with Gasteiger partial charge >= 0.3 is 0 Å². The molecule has 2 heterocycles. The number of fused-ring (bicyclic) bond motifs is 1. The molecule has 106 valence electrons. The first kappa shape index (κ1) is 13.1. The summed E-state index contributed by atoms with van der Waals surface area (Å²) < 4.78 is 0. The standard InChI is InChI=1S/C15H20N4O/c16-15-12-2-1-5-17-13(12)3-4-14(15)19-8-6-18(7-9-19)10-11-20/h1-5,20H,6-11,16H2. The summed E-state index contributed by atoms with van der Waals surface area (Å²) in [6.45, 7) is 4.79. The number of aliphatic hydroxyl groups excluding tert-OH is 1. The van der Waals surface area contributed by atoms with Crippen molar-refractivity contribution in [3.05, 3.63) is 30.5 Å². The summed E-state index contributed by atoms with van der Waals surface area (Å²) in [5.74, 6) is 0. The average molecular weight is 272 g/mol. The zero-order valence-corrected chi connectivity index (χ0v) is 11.5. The molecule has 5 nitrogen and oxygen atoms in total. The minimum Gasteiger partial charge on any atom is -0.396 e. The van der Waals surface area contributed by atoms with Crippen molar-refractivity contribution in [3.8, 4) is 0 Å². The van der Waals surface area contributed by atoms with Crippen LogP contribution in [0.1, 0.15) is 0 Å². The van der Waals surface area contributed by atoms with Gasteiger partial charge < -0.3 is 15.7 Å². The second kappa shape index (κ2) is 5.64. The number of rotatable bonds is 3. The van der Waals surface area contributed by atoms with Crippen LogP contribution < -0.4 is 10.6 Å². The zero-order valence-electron chi connectivity index (χ0n) is 11.5. The SMILES string of the molecule is Nc1c(N2CCN(CCO)CC2)ccc2ncccc12. The molecule has 3 N–H and O–H groups in total. The quantitative estimate of drug-likeness (QED) is 0.814. The largest absolute Gasteiger partial charge is 0.396 e. The summed E-state index contributed by atoms with van der Waals surface area (Å²) in [6, 6.07) is 8.03. The van der Waals surface area contributed by atoms with E-state index in [1.807, 2.05) is 18.2 Å². The van der Waals surface area contributed by atoms with Gasteiger partial charge in [0.2, 0.25) is 0 Å². The van der Waals surface area contributed by atoms with Crippen molar-refractivity contribution in [2.75, 3.05) is 50.0 Å². The number of benzene rings is 1. The first-order chi connectivity index (χ1) is 9.79. The third-order valence-electron chi connectivity index (χ3n) is 3.93. The first-order valence-electron chi connectivity index (χ1n) is 7.01. The van der Waals surface area contributed by atoms with Crippen LogP contribution in [0.3, 0.4) is 0 Å². The Hall–Kier alpha value is -1.85. The van der Waals surface area contributed by atoms with Crippen LogP contribution in [0, 0.1) is 0 Å². The number of piperazine rings is 1. The third-order valence-corrected chi connectivity index (χ3v) is 3.93. The molecule has 0 amide bonds. The number of anilines is 2. The lowest BCUT2D eigenvalue weighted by atomic mass is 10.1. The second-order valence-corrected chi connectivity index (χ2v) is 5.12. The van der Waals surface area contributed by atoms with Gasteiger partial charge in [0, 0.05) is 44.3 Å². The highest BCUT2D eigenvalue weighted by atomic mass is 16.3. The van der Waals surface area contributed by atoms with Crippen molar-refractivity contribution in [2.24, 2.45) is 0 Å². The van der Waals surface area contributed by atoms with Gasteiger partial charge in [-0.15, -0.1) is 0 Å². The van der Waals surface area contributed by atoms with E-state index in [1.54, 1.807) is 6.20 Å². The molecule has 0 spiro atoms. The molecule has 0 radical (unpaired) electrons. The molecule has 1 fully saturated rings. The molecule has 20 heavy (non-hydrogen) atoms. The van der Waals surface area contributed by atoms with Crippen molar-refractivity contribution in [1.82, 2.24) is 9.88 Å². The van der Waals surface area contributed by atoms with Crippen molar-refractivity contribution >= 4 is 22.3 Å². The minimum atomic E-state index is 0.226. The van der Waals surface area contributed by atoms with Gasteiger partial charge in [-0.1, -0.05) is 0 Å². The molecule has 0 aliphatic carbocycles. The Morgan fingerprint density at radius 3 is 2.70 bits per heavy atom. The number of nitrogen functional groups attached to an aromatic ring is 1. The Labute approximate surface area is 118 Å². The highest BCUT2D eigenvalue weighted by molar-refractivity contribution is 5.97. The maximum Gasteiger partial charge on any atom is 0.0724 e. The van der Waals surface area contributed by atoms with Gasteiger partial charge in [-0.25, -0.2) is 0 Å². The summed E-state index contributed by atoms with van der Waals surface area (Å²) in [6.07, 6.45) is 1.79. The molecule has 3 rings (SSSR count). The van der Waals surface area contributed by atoms with Crippen LogP contribution in [-0.2, 0) is 0 Å². The smallest absolute Gasteiger partial charge is 0.0724 e. The number of nitrogens with two attached hydrogens (primary N) is 1. The Balaban J connectivity index is 1.83. The van der Waals surface area contributed by atoms with E-state index in [1.165, 1.54) is 0 Å². The van der Waals surface area contributed by atoms with Crippen LogP contribution in [0.5, 0.6) is 0 Å². The van der Waals surface area contributed by atoms with Gasteiger partial charge in [0.15, 0.2) is 0 Å². The fourth-order valence-corrected chi connectivity index (χ4v) is 2.79. The minimum absolute atomic E-state index is 0.226. The monoisotopic (exact) mass is 272 g/mol. The number of aliphatic hydroxyl groups is 1. The molecule has 1 aromatic heterocycles. The van der Waals surface area contributed by atoms with E-state index in [4.69, 9.17) is 10.8 Å². The number of hydrogen-bond acceptors (Lipinski definition) is 5. The third kappa shape index (κ3) is 2.42. The van der Waals surface area contributed by atoms with E-state index < -0.39 is 0 Å². The molecule has 1 aromatic carbocycles. The number of pyridine rings is 1. The van der Waals surface area contributed by atoms with E-state index in [0.29, 0.717) is 0 Å². The molecule has 1 saturated heterocycles. The number of hydrogen-bond donors (Lipinski definition) is 2. The number of β-amino-alcohol motifs (C(OH)–C–C–N with tert-alkyl or cyclic N) is 1. The van der Waals surface area contributed by atoms with Crippen LogP contribution in [-0.4, -0.2) is 54.3 Å². The van der Waals surface area contributed by atoms with E-state index in [0.717, 1.165) is 55.0 Å². The predicted octanol–water partition coefficient (Wildman–Crippen LogP) is 0.931. The van der Waals surface area contributed by atoms with Gasteiger partial charge in [-0.3, -0.25) is 9.88 Å². The van der Waals surface area contributed by atoms with Gasteiger partial charge in [0.05, 0.1) is 23.5 Å². The van der Waals surface area contributed by atoms with Gasteiger partial charge in [-0.05, 0) is 24.3 Å². The second-order valence-electron chi connectivity index (χ2n) is 5.12. The number of aromatic nitrogens is 1. The highest BCUT2D eigenvalue weighted by Gasteiger charge is 2.19. The Morgan fingerprint density at radius 2 is 1.95 bits per heavy atom. The molecule has 5 heteroatoms. The van der Waals surface area contributed by atoms with Gasteiger partial charge in [-0.2, -0.15) is 0 Å². The highest BCUT2D eigenvalue weighted by Crippen LogP contribution is 2.30. The van der Waals surface area contributed by atoms with Gasteiger partial charge in [0.1, 0.15) is 0 Å². The lowest BCUT2D eigenvalue weighted by Gasteiger charge is -2.36. The molecule has 0 bridgehead atoms. The topological polar surface area (TPSA) is 65.6 Å². The lowest BCUT2D eigenvalue weighted by Crippen LogP contribution is -2.47. The van der Waals surface area contributed by atoms with Crippen LogP contribution in [0.4, 0.5) is 11.4 Å². The first-order valence-corrected chi connectivity index (χ1v) is 7.01. The Kier molecular flexibility index (Phi) is 3.71. The summed E-state index contributed by atoms with van der Waals surface area (Å²) in [4.78, 5) is 8.92. The molecule has 2 aromatic rings. The van der Waals surface area contributed by atoms with Crippen LogP contribution in [0.2, 0.25) is 0 Å². The van der Waals surface area contributed by atoms with Crippen molar-refractivity contribution in [1.29, 1.82) is 0 Å². The number of nitrogens with zero attached hydrogens (tertiary/aromatic N) is 3. The van der Waals surface area contributed by atoms with E-state index in [9.17, 15) is 0 Å². The van der Waals surface area contributed by atoms with E-state index in [2.05, 4.69) is 20.9 Å². The Morgan fingerprint density at radius 1 is 1.15 bits per heavy atom. The fraction of sp³-hybridized carbons (Fsp3) is 0.400. The molecular formula is C15H20N4O. The maximum atomic E-state index is 8.98. The lowest BCUT2D eigenvalue weighted by molar-refractivity contribution is 0.189. The summed E-state index contributed by atoms with van der Waals surface area (Å²) in [7, 11) is 0. The average Bonchev–Trinajstić information content (AvgIpc) is 2.49. The maximum absolute atomic E-state index is 8.98. The van der Waals surface area contributed by atoms with Crippen LogP contribution in [0.25, 0.3) is 10.9 Å². The normalized spacial score (nSPS) is 16.8. The van der Waals surface area contributed by atoms with Crippen molar-refractivity contribution < 1.29 is 5.11 Å². The van der Waals surface area contributed by atoms with Gasteiger partial charge in [0.25, 0.3) is 0 Å².